The molecule has 3 rings (SSSR count). The summed E-state index contributed by atoms with van der Waals surface area (Å²) in [6.45, 7) is 6.60. The summed E-state index contributed by atoms with van der Waals surface area (Å²) in [5, 5.41) is 4.73. The van der Waals surface area contributed by atoms with E-state index in [1.807, 2.05) is 45.0 Å². The number of benzene rings is 1. The minimum Gasteiger partial charge on any atom is -0.337 e. The van der Waals surface area contributed by atoms with Crippen LogP contribution in [0.1, 0.15) is 56.9 Å². The van der Waals surface area contributed by atoms with Gasteiger partial charge in [0.25, 0.3) is 0 Å². The van der Waals surface area contributed by atoms with E-state index in [-0.39, 0.29) is 17.4 Å². The lowest BCUT2D eigenvalue weighted by Gasteiger charge is -2.22. The zero-order valence-electron chi connectivity index (χ0n) is 13.5. The molecule has 1 aromatic heterocycles. The minimum absolute atomic E-state index is 0.102. The molecule has 1 amide bonds. The number of amides is 1. The molecule has 1 saturated heterocycles. The molecule has 1 fully saturated rings. The molecule has 0 spiro atoms. The molecule has 0 aliphatic carbocycles. The van der Waals surface area contributed by atoms with Gasteiger partial charge in [0.2, 0.25) is 11.8 Å². The molecule has 6 heteroatoms. The largest absolute Gasteiger partial charge is 0.337 e. The van der Waals surface area contributed by atoms with Crippen LogP contribution in [0.5, 0.6) is 0 Å². The smallest absolute Gasteiger partial charge is 0.249 e. The van der Waals surface area contributed by atoms with E-state index in [2.05, 4.69) is 10.1 Å². The van der Waals surface area contributed by atoms with Crippen molar-refractivity contribution in [3.8, 4) is 0 Å². The van der Waals surface area contributed by atoms with E-state index in [0.717, 1.165) is 5.56 Å². The maximum Gasteiger partial charge on any atom is 0.249 e. The fourth-order valence-corrected chi connectivity index (χ4v) is 2.91. The number of nitrogens with zero attached hydrogens (tertiary/aromatic N) is 3. The molecular formula is C17H20ClN3O2. The zero-order chi connectivity index (χ0) is 16.6. The molecule has 1 aromatic carbocycles. The molecule has 5 nitrogen and oxygen atoms in total. The van der Waals surface area contributed by atoms with Gasteiger partial charge in [0.05, 0.1) is 0 Å². The standard InChI is InChI=1S/C17H20ClN3O2/c1-17(2,3)16-19-15(23-20-16)13-7-8-14(22)21(13)10-11-5-4-6-12(18)9-11/h4-6,9,13H,7-8,10H2,1-3H3. The highest BCUT2D eigenvalue weighted by Gasteiger charge is 2.36. The molecule has 2 aromatic rings. The SMILES string of the molecule is CC(C)(C)c1noc(C2CCC(=O)N2Cc2cccc(Cl)c2)n1. The molecule has 23 heavy (non-hydrogen) atoms. The Morgan fingerprint density at radius 2 is 2.17 bits per heavy atom. The van der Waals surface area contributed by atoms with Crippen molar-refractivity contribution in [2.24, 2.45) is 0 Å². The van der Waals surface area contributed by atoms with Crippen LogP contribution in [-0.2, 0) is 16.8 Å². The van der Waals surface area contributed by atoms with E-state index >= 15 is 0 Å². The van der Waals surface area contributed by atoms with Gasteiger partial charge in [-0.05, 0) is 24.1 Å². The predicted molar refractivity (Wildman–Crippen MR) is 87.0 cm³/mol. The number of carbonyl (C=O) groups is 1. The maximum absolute atomic E-state index is 12.3. The molecular weight excluding hydrogens is 314 g/mol. The van der Waals surface area contributed by atoms with Gasteiger partial charge in [-0.3, -0.25) is 4.79 Å². The summed E-state index contributed by atoms with van der Waals surface area (Å²) < 4.78 is 5.43. The molecule has 2 heterocycles. The third-order valence-electron chi connectivity index (χ3n) is 3.97. The first-order chi connectivity index (χ1) is 10.8. The highest BCUT2D eigenvalue weighted by molar-refractivity contribution is 6.30. The van der Waals surface area contributed by atoms with Crippen LogP contribution in [0.25, 0.3) is 0 Å². The predicted octanol–water partition coefficient (Wildman–Crippen LogP) is 3.88. The summed E-state index contributed by atoms with van der Waals surface area (Å²) in [6, 6.07) is 7.38. The molecule has 1 aliphatic rings. The van der Waals surface area contributed by atoms with E-state index in [9.17, 15) is 4.79 Å². The van der Waals surface area contributed by atoms with Crippen molar-refractivity contribution in [3.63, 3.8) is 0 Å². The van der Waals surface area contributed by atoms with Crippen LogP contribution < -0.4 is 0 Å². The average Bonchev–Trinajstić information content (AvgIpc) is 3.07. The Morgan fingerprint density at radius 1 is 1.39 bits per heavy atom. The summed E-state index contributed by atoms with van der Waals surface area (Å²) in [6.07, 6.45) is 1.20. The highest BCUT2D eigenvalue weighted by Crippen LogP contribution is 2.34. The van der Waals surface area contributed by atoms with Crippen molar-refractivity contribution < 1.29 is 9.32 Å². The first kappa shape index (κ1) is 16.0. The van der Waals surface area contributed by atoms with Gasteiger partial charge >= 0.3 is 0 Å². The lowest BCUT2D eigenvalue weighted by Crippen LogP contribution is -2.27. The first-order valence-electron chi connectivity index (χ1n) is 7.72. The fraction of sp³-hybridized carbons (Fsp3) is 0.471. The number of hydrogen-bond donors (Lipinski definition) is 0. The highest BCUT2D eigenvalue weighted by atomic mass is 35.5. The quantitative estimate of drug-likeness (QED) is 0.855. The molecule has 0 bridgehead atoms. The monoisotopic (exact) mass is 333 g/mol. The van der Waals surface area contributed by atoms with E-state index in [4.69, 9.17) is 16.1 Å². The van der Waals surface area contributed by atoms with E-state index in [1.54, 1.807) is 4.90 Å². The minimum atomic E-state index is -0.178. The lowest BCUT2D eigenvalue weighted by molar-refractivity contribution is -0.129. The first-order valence-corrected chi connectivity index (χ1v) is 8.10. The van der Waals surface area contributed by atoms with Gasteiger partial charge in [-0.25, -0.2) is 0 Å². The average molecular weight is 334 g/mol. The summed E-state index contributed by atoms with van der Waals surface area (Å²) in [4.78, 5) is 18.6. The number of likely N-dealkylation sites (tertiary alicyclic amines) is 1. The molecule has 1 aliphatic heterocycles. The van der Waals surface area contributed by atoms with Gasteiger partial charge in [-0.1, -0.05) is 49.7 Å². The Morgan fingerprint density at radius 3 is 2.83 bits per heavy atom. The topological polar surface area (TPSA) is 59.2 Å². The molecule has 0 N–H and O–H groups in total. The van der Waals surface area contributed by atoms with Crippen molar-refractivity contribution in [2.75, 3.05) is 0 Å². The number of rotatable bonds is 3. The summed E-state index contributed by atoms with van der Waals surface area (Å²) in [5.74, 6) is 1.28. The maximum atomic E-state index is 12.3. The second-order valence-electron chi connectivity index (χ2n) is 6.91. The van der Waals surface area contributed by atoms with Gasteiger partial charge in [-0.2, -0.15) is 4.98 Å². The third kappa shape index (κ3) is 3.39. The van der Waals surface area contributed by atoms with Crippen molar-refractivity contribution in [1.82, 2.24) is 15.0 Å². The Hall–Kier alpha value is -1.88. The Labute approximate surface area is 140 Å². The molecule has 0 radical (unpaired) electrons. The Bertz CT molecular complexity index is 721. The number of hydrogen-bond acceptors (Lipinski definition) is 4. The number of carbonyl (C=O) groups excluding carboxylic acids is 1. The van der Waals surface area contributed by atoms with Crippen LogP contribution in [0.15, 0.2) is 28.8 Å². The molecule has 1 atom stereocenters. The van der Waals surface area contributed by atoms with Crippen LogP contribution >= 0.6 is 11.6 Å². The Balaban J connectivity index is 1.84. The molecule has 122 valence electrons. The van der Waals surface area contributed by atoms with Gasteiger partial charge in [0, 0.05) is 23.4 Å². The van der Waals surface area contributed by atoms with Crippen molar-refractivity contribution in [3.05, 3.63) is 46.6 Å². The molecule has 0 saturated carbocycles. The van der Waals surface area contributed by atoms with E-state index in [0.29, 0.717) is 36.1 Å². The summed E-state index contributed by atoms with van der Waals surface area (Å²) in [5.41, 5.74) is 0.815. The summed E-state index contributed by atoms with van der Waals surface area (Å²) in [7, 11) is 0. The normalized spacial score (nSPS) is 18.7. The second-order valence-corrected chi connectivity index (χ2v) is 7.35. The van der Waals surface area contributed by atoms with Gasteiger partial charge < -0.3 is 9.42 Å². The van der Waals surface area contributed by atoms with Crippen molar-refractivity contribution in [2.45, 2.75) is 51.6 Å². The van der Waals surface area contributed by atoms with Crippen LogP contribution in [0, 0.1) is 0 Å². The lowest BCUT2D eigenvalue weighted by atomic mass is 9.96. The van der Waals surface area contributed by atoms with Gasteiger partial charge in [-0.15, -0.1) is 0 Å². The van der Waals surface area contributed by atoms with Crippen molar-refractivity contribution >= 4 is 17.5 Å². The van der Waals surface area contributed by atoms with Crippen LogP contribution in [0.4, 0.5) is 0 Å². The number of halogens is 1. The fourth-order valence-electron chi connectivity index (χ4n) is 2.70. The Kier molecular flexibility index (Phi) is 4.15. The summed E-state index contributed by atoms with van der Waals surface area (Å²) >= 11 is 6.03. The van der Waals surface area contributed by atoms with Crippen LogP contribution in [-0.4, -0.2) is 20.9 Å². The number of aromatic nitrogens is 2. The molecule has 1 unspecified atom stereocenters. The zero-order valence-corrected chi connectivity index (χ0v) is 14.3. The van der Waals surface area contributed by atoms with Crippen molar-refractivity contribution in [1.29, 1.82) is 0 Å². The second kappa shape index (κ2) is 5.96. The van der Waals surface area contributed by atoms with Gasteiger partial charge in [0.15, 0.2) is 5.82 Å². The third-order valence-corrected chi connectivity index (χ3v) is 4.20. The van der Waals surface area contributed by atoms with E-state index < -0.39 is 0 Å². The van der Waals surface area contributed by atoms with Crippen LogP contribution in [0.2, 0.25) is 5.02 Å². The van der Waals surface area contributed by atoms with Crippen LogP contribution in [0.3, 0.4) is 0 Å². The van der Waals surface area contributed by atoms with E-state index in [1.165, 1.54) is 0 Å². The van der Waals surface area contributed by atoms with Gasteiger partial charge in [0.1, 0.15) is 6.04 Å².